The van der Waals surface area contributed by atoms with Gasteiger partial charge in [0.05, 0.1) is 15.4 Å². The van der Waals surface area contributed by atoms with E-state index in [1.807, 2.05) is 0 Å². The zero-order valence-corrected chi connectivity index (χ0v) is 21.7. The van der Waals surface area contributed by atoms with Crippen LogP contribution in [0.4, 0.5) is 0 Å². The average molecular weight is 500 g/mol. The molecule has 0 unspecified atom stereocenters. The van der Waals surface area contributed by atoms with Gasteiger partial charge in [0.2, 0.25) is 9.84 Å². The molecule has 0 saturated carbocycles. The van der Waals surface area contributed by atoms with Crippen LogP contribution in [0, 0.1) is 0 Å². The van der Waals surface area contributed by atoms with Crippen LogP contribution in [0.3, 0.4) is 0 Å². The molecular weight excluding hydrogens is 477 g/mol. The van der Waals surface area contributed by atoms with Crippen molar-refractivity contribution in [3.63, 3.8) is 0 Å². The standard InChI is InChI=1S/C23H22ClNO6S.Na.H/c1-23(28,17-3-2-4-18(24)15-17)25-13-14-31-19-7-11-21(12-8-19)32(29,30)20-9-5-16(6-10-20)22(26)27;;/h2-12,15,25,28H,13-14H2,1H3,(H,26,27);;/q;+1;-1/t23-;;/m0../s1. The third-order valence-corrected chi connectivity index (χ3v) is 6.79. The number of nitrogens with one attached hydrogen (secondary N) is 1. The molecule has 3 aromatic rings. The second-order valence-corrected chi connectivity index (χ2v) is 9.55. The minimum absolute atomic E-state index is 0. The summed E-state index contributed by atoms with van der Waals surface area (Å²) in [4.78, 5) is 11.0. The number of benzene rings is 3. The van der Waals surface area contributed by atoms with Crippen molar-refractivity contribution in [3.8, 4) is 5.75 Å². The number of hydrogen-bond acceptors (Lipinski definition) is 6. The maximum atomic E-state index is 12.7. The molecule has 3 rings (SSSR count). The Morgan fingerprint density at radius 3 is 2.18 bits per heavy atom. The molecule has 1 atom stereocenters. The normalized spacial score (nSPS) is 12.9. The first-order valence-corrected chi connectivity index (χ1v) is 11.5. The minimum Gasteiger partial charge on any atom is -1.00 e. The van der Waals surface area contributed by atoms with Gasteiger partial charge in [0.1, 0.15) is 18.1 Å². The van der Waals surface area contributed by atoms with Gasteiger partial charge in [0.25, 0.3) is 0 Å². The van der Waals surface area contributed by atoms with Crippen LogP contribution in [0.5, 0.6) is 5.75 Å². The summed E-state index contributed by atoms with van der Waals surface area (Å²) in [7, 11) is -3.78. The third-order valence-electron chi connectivity index (χ3n) is 4.77. The summed E-state index contributed by atoms with van der Waals surface area (Å²) < 4.78 is 31.1. The van der Waals surface area contributed by atoms with Crippen LogP contribution in [-0.2, 0) is 15.6 Å². The first-order valence-electron chi connectivity index (χ1n) is 9.64. The third kappa shape index (κ3) is 7.04. The second-order valence-electron chi connectivity index (χ2n) is 7.16. The van der Waals surface area contributed by atoms with Crippen LogP contribution in [0.1, 0.15) is 24.3 Å². The van der Waals surface area contributed by atoms with Crippen LogP contribution in [-0.4, -0.2) is 37.8 Å². The van der Waals surface area contributed by atoms with Gasteiger partial charge >= 0.3 is 35.5 Å². The SMILES string of the molecule is C[C@@](O)(NCCOc1ccc(S(=O)(=O)c2ccc(C(=O)O)cc2)cc1)c1cccc(Cl)c1.[H-].[Na+]. The first-order chi connectivity index (χ1) is 15.1. The summed E-state index contributed by atoms with van der Waals surface area (Å²) in [6.07, 6.45) is 0. The van der Waals surface area contributed by atoms with E-state index in [0.717, 1.165) is 0 Å². The van der Waals surface area contributed by atoms with Gasteiger partial charge in [-0.1, -0.05) is 23.7 Å². The van der Waals surface area contributed by atoms with E-state index in [0.29, 0.717) is 22.9 Å². The molecule has 3 aromatic carbocycles. The summed E-state index contributed by atoms with van der Waals surface area (Å²) in [6.45, 7) is 2.18. The van der Waals surface area contributed by atoms with Gasteiger partial charge in [0.15, 0.2) is 0 Å². The predicted octanol–water partition coefficient (Wildman–Crippen LogP) is 0.821. The summed E-state index contributed by atoms with van der Waals surface area (Å²) in [5, 5.41) is 23.0. The van der Waals surface area contributed by atoms with E-state index in [4.69, 9.17) is 21.4 Å². The Labute approximate surface area is 221 Å². The van der Waals surface area contributed by atoms with Gasteiger partial charge in [-0.25, -0.2) is 13.2 Å². The average Bonchev–Trinajstić information content (AvgIpc) is 2.77. The number of carbonyl (C=O) groups is 1. The Bertz CT molecular complexity index is 1200. The molecule has 7 nitrogen and oxygen atoms in total. The van der Waals surface area contributed by atoms with E-state index in [9.17, 15) is 18.3 Å². The smallest absolute Gasteiger partial charge is 1.00 e. The topological polar surface area (TPSA) is 113 Å². The Morgan fingerprint density at radius 1 is 1.06 bits per heavy atom. The van der Waals surface area contributed by atoms with Crippen LogP contribution in [0.25, 0.3) is 0 Å². The van der Waals surface area contributed by atoms with E-state index in [2.05, 4.69) is 5.32 Å². The molecule has 3 N–H and O–H groups in total. The van der Waals surface area contributed by atoms with Crippen molar-refractivity contribution in [2.45, 2.75) is 22.4 Å². The molecule has 0 bridgehead atoms. The predicted molar refractivity (Wildman–Crippen MR) is 121 cm³/mol. The molecule has 33 heavy (non-hydrogen) atoms. The van der Waals surface area contributed by atoms with Gasteiger partial charge in [0, 0.05) is 11.6 Å². The fraction of sp³-hybridized carbons (Fsp3) is 0.174. The van der Waals surface area contributed by atoms with Gasteiger partial charge in [-0.2, -0.15) is 0 Å². The van der Waals surface area contributed by atoms with Gasteiger partial charge in [-0.05, 0) is 73.2 Å². The molecule has 0 saturated heterocycles. The van der Waals surface area contributed by atoms with Crippen LogP contribution in [0.2, 0.25) is 5.02 Å². The molecule has 170 valence electrons. The van der Waals surface area contributed by atoms with E-state index >= 15 is 0 Å². The number of sulfone groups is 1. The van der Waals surface area contributed by atoms with Gasteiger partial charge in [-0.15, -0.1) is 0 Å². The Morgan fingerprint density at radius 2 is 1.64 bits per heavy atom. The fourth-order valence-corrected chi connectivity index (χ4v) is 4.44. The number of halogens is 1. The van der Waals surface area contributed by atoms with E-state index in [1.54, 1.807) is 31.2 Å². The maximum Gasteiger partial charge on any atom is 1.00 e. The van der Waals surface area contributed by atoms with Crippen LogP contribution >= 0.6 is 11.6 Å². The number of aliphatic hydroxyl groups is 1. The molecule has 0 aliphatic heterocycles. The second kappa shape index (κ2) is 11.5. The molecule has 0 aliphatic carbocycles. The molecule has 0 aliphatic rings. The summed E-state index contributed by atoms with van der Waals surface area (Å²) in [5.41, 5.74) is -0.658. The van der Waals surface area contributed by atoms with Crippen molar-refractivity contribution in [2.24, 2.45) is 0 Å². The Hall–Kier alpha value is -1.91. The van der Waals surface area contributed by atoms with Crippen molar-refractivity contribution in [1.29, 1.82) is 0 Å². The Kier molecular flexibility index (Phi) is 9.51. The van der Waals surface area contributed by atoms with Crippen LogP contribution < -0.4 is 39.6 Å². The van der Waals surface area contributed by atoms with Crippen molar-refractivity contribution < 1.29 is 59.1 Å². The van der Waals surface area contributed by atoms with E-state index < -0.39 is 21.5 Å². The fourth-order valence-electron chi connectivity index (χ4n) is 2.98. The van der Waals surface area contributed by atoms with Crippen molar-refractivity contribution in [2.75, 3.05) is 13.2 Å². The number of ether oxygens (including phenoxy) is 1. The molecule has 0 heterocycles. The number of carboxylic acids is 1. The molecular formula is C23H23ClNNaO6S. The molecule has 0 fully saturated rings. The monoisotopic (exact) mass is 499 g/mol. The largest absolute Gasteiger partial charge is 1.00 e. The van der Waals surface area contributed by atoms with Crippen LogP contribution in [0.15, 0.2) is 82.6 Å². The minimum atomic E-state index is -3.78. The quantitative estimate of drug-likeness (QED) is 0.227. The van der Waals surface area contributed by atoms with Crippen molar-refractivity contribution >= 4 is 27.4 Å². The molecule has 0 spiro atoms. The molecule has 10 heteroatoms. The maximum absolute atomic E-state index is 12.7. The van der Waals surface area contributed by atoms with E-state index in [-0.39, 0.29) is 52.9 Å². The summed E-state index contributed by atoms with van der Waals surface area (Å²) >= 11 is 5.97. The summed E-state index contributed by atoms with van der Waals surface area (Å²) in [6, 6.07) is 17.8. The number of rotatable bonds is 9. The number of aromatic carboxylic acids is 1. The van der Waals surface area contributed by atoms with Gasteiger partial charge < -0.3 is 16.4 Å². The molecule has 0 aromatic heterocycles. The molecule has 0 amide bonds. The summed E-state index contributed by atoms with van der Waals surface area (Å²) in [5.74, 6) is -0.659. The zero-order valence-electron chi connectivity index (χ0n) is 19.2. The van der Waals surface area contributed by atoms with E-state index in [1.165, 1.54) is 48.5 Å². The number of carboxylic acid groups (broad SMARTS) is 1. The Balaban J connectivity index is 0.00000289. The number of hydrogen-bond donors (Lipinski definition) is 3. The van der Waals surface area contributed by atoms with Crippen molar-refractivity contribution in [3.05, 3.63) is 88.9 Å². The zero-order chi connectivity index (χ0) is 23.4. The first kappa shape index (κ1) is 27.3. The van der Waals surface area contributed by atoms with Gasteiger partial charge in [-0.3, -0.25) is 5.32 Å². The van der Waals surface area contributed by atoms with Crippen molar-refractivity contribution in [1.82, 2.24) is 5.32 Å². The molecule has 0 radical (unpaired) electrons.